The van der Waals surface area contributed by atoms with Crippen molar-refractivity contribution in [3.63, 3.8) is 0 Å². The van der Waals surface area contributed by atoms with Crippen LogP contribution in [0.3, 0.4) is 0 Å². The maximum Gasteiger partial charge on any atom is 0.223 e. The molecule has 5 heteroatoms. The van der Waals surface area contributed by atoms with Crippen LogP contribution < -0.4 is 0 Å². The van der Waals surface area contributed by atoms with Gasteiger partial charge in [-0.05, 0) is 37.8 Å². The lowest BCUT2D eigenvalue weighted by Gasteiger charge is -2.42. The second kappa shape index (κ2) is 7.68. The fraction of sp³-hybridized carbons (Fsp3) is 0.556. The summed E-state index contributed by atoms with van der Waals surface area (Å²) in [5, 5.41) is 9.90. The zero-order chi connectivity index (χ0) is 16.9. The molecule has 1 aliphatic heterocycles. The van der Waals surface area contributed by atoms with Crippen molar-refractivity contribution < 1.29 is 19.1 Å². The summed E-state index contributed by atoms with van der Waals surface area (Å²) in [4.78, 5) is 25.0. The minimum atomic E-state index is -0.508. The van der Waals surface area contributed by atoms with Crippen molar-refractivity contribution in [3.8, 4) is 0 Å². The van der Waals surface area contributed by atoms with E-state index in [0.29, 0.717) is 25.1 Å². The van der Waals surface area contributed by atoms with Crippen molar-refractivity contribution in [3.05, 3.63) is 35.6 Å². The van der Waals surface area contributed by atoms with Crippen molar-refractivity contribution in [1.82, 2.24) is 4.90 Å². The van der Waals surface area contributed by atoms with Gasteiger partial charge in [-0.3, -0.25) is 4.79 Å². The van der Waals surface area contributed by atoms with E-state index in [1.54, 1.807) is 23.1 Å². The lowest BCUT2D eigenvalue weighted by atomic mass is 9.75. The smallest absolute Gasteiger partial charge is 0.223 e. The van der Waals surface area contributed by atoms with E-state index >= 15 is 0 Å². The lowest BCUT2D eigenvalue weighted by molar-refractivity contribution is -0.137. The van der Waals surface area contributed by atoms with Crippen LogP contribution in [0.25, 0.3) is 0 Å². The number of rotatable bonds is 6. The summed E-state index contributed by atoms with van der Waals surface area (Å²) in [5.41, 5.74) is 0.0614. The Labute approximate surface area is 136 Å². The van der Waals surface area contributed by atoms with Gasteiger partial charge in [0.15, 0.2) is 0 Å². The molecule has 0 aliphatic carbocycles. The first-order valence-electron chi connectivity index (χ1n) is 8.07. The predicted octanol–water partition coefficient (Wildman–Crippen LogP) is 2.34. The summed E-state index contributed by atoms with van der Waals surface area (Å²) in [5.74, 6) is -0.346. The molecule has 0 spiro atoms. The highest BCUT2D eigenvalue weighted by Gasteiger charge is 2.37. The van der Waals surface area contributed by atoms with Gasteiger partial charge in [0.25, 0.3) is 0 Å². The predicted molar refractivity (Wildman–Crippen MR) is 85.4 cm³/mol. The Morgan fingerprint density at radius 2 is 2.04 bits per heavy atom. The van der Waals surface area contributed by atoms with E-state index in [0.717, 1.165) is 12.8 Å². The third-order valence-corrected chi connectivity index (χ3v) is 4.56. The van der Waals surface area contributed by atoms with Crippen molar-refractivity contribution in [2.75, 3.05) is 19.7 Å². The first-order valence-corrected chi connectivity index (χ1v) is 8.07. The third kappa shape index (κ3) is 4.61. The number of likely N-dealkylation sites (tertiary alicyclic amines) is 1. The molecule has 1 unspecified atom stereocenters. The monoisotopic (exact) mass is 321 g/mol. The third-order valence-electron chi connectivity index (χ3n) is 4.56. The zero-order valence-corrected chi connectivity index (χ0v) is 13.6. The van der Waals surface area contributed by atoms with Gasteiger partial charge in [-0.15, -0.1) is 0 Å². The van der Waals surface area contributed by atoms with Gasteiger partial charge < -0.3 is 14.8 Å². The van der Waals surface area contributed by atoms with E-state index < -0.39 is 5.41 Å². The van der Waals surface area contributed by atoms with Crippen LogP contribution in [0.15, 0.2) is 24.3 Å². The molecule has 1 aliphatic rings. The topological polar surface area (TPSA) is 57.6 Å². The molecular formula is C18H24FNO3. The van der Waals surface area contributed by atoms with Crippen LogP contribution in [0.2, 0.25) is 0 Å². The molecule has 1 atom stereocenters. The summed E-state index contributed by atoms with van der Waals surface area (Å²) < 4.78 is 13.9. The summed E-state index contributed by atoms with van der Waals surface area (Å²) in [6, 6.07) is 6.56. The number of carbonyl (C=O) groups is 2. The van der Waals surface area contributed by atoms with Gasteiger partial charge in [0, 0.05) is 31.3 Å². The maximum atomic E-state index is 13.9. The molecule has 1 aromatic carbocycles. The van der Waals surface area contributed by atoms with Crippen molar-refractivity contribution in [2.45, 2.75) is 39.0 Å². The molecule has 0 saturated carbocycles. The number of nitrogens with zero attached hydrogens (tertiary/aromatic N) is 1. The van der Waals surface area contributed by atoms with Crippen LogP contribution in [0.1, 0.15) is 38.2 Å². The molecule has 4 nitrogen and oxygen atoms in total. The fourth-order valence-corrected chi connectivity index (χ4v) is 3.24. The van der Waals surface area contributed by atoms with Crippen molar-refractivity contribution in [2.24, 2.45) is 5.41 Å². The molecule has 1 N–H and O–H groups in total. The molecule has 1 fully saturated rings. The molecular weight excluding hydrogens is 297 g/mol. The number of halogens is 1. The highest BCUT2D eigenvalue weighted by atomic mass is 19.1. The molecule has 1 amide bonds. The van der Waals surface area contributed by atoms with E-state index in [1.165, 1.54) is 13.0 Å². The van der Waals surface area contributed by atoms with Crippen LogP contribution in [0, 0.1) is 11.2 Å². The first-order chi connectivity index (χ1) is 11.0. The Bertz CT molecular complexity index is 575. The Morgan fingerprint density at radius 1 is 1.30 bits per heavy atom. The van der Waals surface area contributed by atoms with Gasteiger partial charge in [-0.2, -0.15) is 0 Å². The molecule has 2 rings (SSSR count). The normalized spacial score (nSPS) is 21.3. The van der Waals surface area contributed by atoms with E-state index in [2.05, 4.69) is 0 Å². The minimum absolute atomic E-state index is 0.00450. The largest absolute Gasteiger partial charge is 0.396 e. The SMILES string of the molecule is CC(=O)CCC(=O)N1CCCC(CO)(Cc2ccccc2F)C1. The number of aliphatic hydroxyl groups is 1. The Balaban J connectivity index is 2.08. The van der Waals surface area contributed by atoms with Crippen LogP contribution in [-0.2, 0) is 16.0 Å². The lowest BCUT2D eigenvalue weighted by Crippen LogP contribution is -2.49. The summed E-state index contributed by atoms with van der Waals surface area (Å²) in [6.45, 7) is 2.43. The maximum absolute atomic E-state index is 13.9. The van der Waals surface area contributed by atoms with Gasteiger partial charge in [0.1, 0.15) is 11.6 Å². The average Bonchev–Trinajstić information content (AvgIpc) is 2.55. The van der Waals surface area contributed by atoms with Crippen molar-refractivity contribution in [1.29, 1.82) is 0 Å². The molecule has 1 saturated heterocycles. The van der Waals surface area contributed by atoms with Crippen LogP contribution >= 0.6 is 0 Å². The highest BCUT2D eigenvalue weighted by molar-refractivity contribution is 5.83. The Hall–Kier alpha value is -1.75. The standard InChI is InChI=1S/C18H24FNO3/c1-14(22)7-8-17(23)20-10-4-9-18(12-20,13-21)11-15-5-2-3-6-16(15)19/h2-3,5-6,21H,4,7-13H2,1H3. The number of hydrogen-bond donors (Lipinski definition) is 1. The molecule has 0 aromatic heterocycles. The fourth-order valence-electron chi connectivity index (χ4n) is 3.24. The van der Waals surface area contributed by atoms with E-state index in [1.807, 2.05) is 0 Å². The first kappa shape index (κ1) is 17.6. The molecule has 23 heavy (non-hydrogen) atoms. The Morgan fingerprint density at radius 3 is 2.70 bits per heavy atom. The van der Waals surface area contributed by atoms with E-state index in [9.17, 15) is 19.1 Å². The number of piperidine rings is 1. The second-order valence-corrected chi connectivity index (χ2v) is 6.55. The number of aliphatic hydroxyl groups excluding tert-OH is 1. The molecule has 0 radical (unpaired) electrons. The number of amides is 1. The van der Waals surface area contributed by atoms with E-state index in [4.69, 9.17) is 0 Å². The summed E-state index contributed by atoms with van der Waals surface area (Å²) in [6.07, 6.45) is 2.40. The zero-order valence-electron chi connectivity index (χ0n) is 13.6. The van der Waals surface area contributed by atoms with Gasteiger partial charge >= 0.3 is 0 Å². The van der Waals surface area contributed by atoms with Gasteiger partial charge in [0.05, 0.1) is 6.61 Å². The molecule has 0 bridgehead atoms. The summed E-state index contributed by atoms with van der Waals surface area (Å²) >= 11 is 0. The second-order valence-electron chi connectivity index (χ2n) is 6.55. The summed E-state index contributed by atoms with van der Waals surface area (Å²) in [7, 11) is 0. The van der Waals surface area contributed by atoms with Gasteiger partial charge in [-0.1, -0.05) is 18.2 Å². The van der Waals surface area contributed by atoms with Crippen LogP contribution in [0.5, 0.6) is 0 Å². The molecule has 126 valence electrons. The number of hydrogen-bond acceptors (Lipinski definition) is 3. The van der Waals surface area contributed by atoms with Crippen LogP contribution in [0.4, 0.5) is 4.39 Å². The van der Waals surface area contributed by atoms with Crippen LogP contribution in [-0.4, -0.2) is 41.4 Å². The highest BCUT2D eigenvalue weighted by Crippen LogP contribution is 2.34. The number of ketones is 1. The number of benzene rings is 1. The van der Waals surface area contributed by atoms with Gasteiger partial charge in [0.2, 0.25) is 5.91 Å². The molecule has 1 aromatic rings. The average molecular weight is 321 g/mol. The number of carbonyl (C=O) groups excluding carboxylic acids is 2. The minimum Gasteiger partial charge on any atom is -0.396 e. The molecule has 1 heterocycles. The number of Topliss-reactive ketones (excluding diaryl/α,β-unsaturated/α-hetero) is 1. The van der Waals surface area contributed by atoms with Gasteiger partial charge in [-0.25, -0.2) is 4.39 Å². The van der Waals surface area contributed by atoms with Crippen molar-refractivity contribution >= 4 is 11.7 Å². The Kier molecular flexibility index (Phi) is 5.88. The van der Waals surface area contributed by atoms with E-state index in [-0.39, 0.29) is 37.0 Å². The quantitative estimate of drug-likeness (QED) is 0.875.